The minimum Gasteiger partial charge on any atom is -0.390 e. The summed E-state index contributed by atoms with van der Waals surface area (Å²) < 4.78 is 35.6. The van der Waals surface area contributed by atoms with Crippen molar-refractivity contribution < 1.29 is 33.1 Å². The molecule has 2 heterocycles. The van der Waals surface area contributed by atoms with Gasteiger partial charge in [0.05, 0.1) is 31.5 Å². The fourth-order valence-corrected chi connectivity index (χ4v) is 5.45. The van der Waals surface area contributed by atoms with Crippen LogP contribution in [0.5, 0.6) is 0 Å². The Morgan fingerprint density at radius 1 is 1.24 bits per heavy atom. The van der Waals surface area contributed by atoms with E-state index in [9.17, 15) is 24.2 Å². The summed E-state index contributed by atoms with van der Waals surface area (Å²) in [5, 5.41) is 10.3. The number of aromatic nitrogens is 2. The van der Waals surface area contributed by atoms with Gasteiger partial charge in [-0.15, -0.1) is 0 Å². The third kappa shape index (κ3) is 11.3. The lowest BCUT2D eigenvalue weighted by Crippen LogP contribution is -2.33. The third-order valence-electron chi connectivity index (χ3n) is 6.23. The maximum Gasteiger partial charge on any atom is 0.472 e. The molecule has 1 saturated heterocycles. The van der Waals surface area contributed by atoms with Crippen LogP contribution in [0.1, 0.15) is 77.0 Å². The number of phosphoric acid groups is 1. The van der Waals surface area contributed by atoms with Crippen LogP contribution in [0, 0.1) is 6.92 Å². The normalized spacial score (nSPS) is 23.1. The van der Waals surface area contributed by atoms with E-state index >= 15 is 0 Å². The maximum absolute atomic E-state index is 12.5. The predicted octanol–water partition coefficient (Wildman–Crippen LogP) is 3.51. The fraction of sp³-hybridized carbons (Fsp3) is 0.833. The van der Waals surface area contributed by atoms with E-state index in [4.69, 9.17) is 18.5 Å². The molecule has 37 heavy (non-hydrogen) atoms. The zero-order valence-electron chi connectivity index (χ0n) is 22.3. The minimum absolute atomic E-state index is 0.00450. The number of hydrogen-bond donors (Lipinski definition) is 3. The molecular formula is C24H43N2O9PS. The summed E-state index contributed by atoms with van der Waals surface area (Å²) >= 11 is 1.55. The summed E-state index contributed by atoms with van der Waals surface area (Å²) in [6.07, 6.45) is 8.25. The quantitative estimate of drug-likeness (QED) is 0.178. The van der Waals surface area contributed by atoms with E-state index in [1.807, 2.05) is 13.2 Å². The van der Waals surface area contributed by atoms with Crippen LogP contribution in [0.25, 0.3) is 0 Å². The molecule has 214 valence electrons. The molecule has 1 aromatic heterocycles. The van der Waals surface area contributed by atoms with Gasteiger partial charge in [0.25, 0.3) is 5.56 Å². The van der Waals surface area contributed by atoms with E-state index in [0.717, 1.165) is 12.8 Å². The molecule has 3 N–H and O–H groups in total. The van der Waals surface area contributed by atoms with E-state index < -0.39 is 44.1 Å². The second-order valence-corrected chi connectivity index (χ2v) is 11.9. The van der Waals surface area contributed by atoms with Crippen molar-refractivity contribution in [1.29, 1.82) is 0 Å². The summed E-state index contributed by atoms with van der Waals surface area (Å²) in [6, 6.07) is 0. The summed E-state index contributed by atoms with van der Waals surface area (Å²) in [4.78, 5) is 36.0. The van der Waals surface area contributed by atoms with Crippen molar-refractivity contribution >= 4 is 19.6 Å². The number of hydrogen-bond acceptors (Lipinski definition) is 9. The first-order valence-corrected chi connectivity index (χ1v) is 15.9. The minimum atomic E-state index is -4.44. The molecule has 0 bridgehead atoms. The van der Waals surface area contributed by atoms with Gasteiger partial charge in [-0.25, -0.2) is 9.36 Å². The van der Waals surface area contributed by atoms with Gasteiger partial charge in [-0.1, -0.05) is 45.4 Å². The van der Waals surface area contributed by atoms with Crippen LogP contribution in [0.2, 0.25) is 0 Å². The average Bonchev–Trinajstić information content (AvgIpc) is 3.21. The van der Waals surface area contributed by atoms with Crippen molar-refractivity contribution in [1.82, 2.24) is 9.55 Å². The Morgan fingerprint density at radius 2 is 1.95 bits per heavy atom. The third-order valence-corrected chi connectivity index (χ3v) is 7.88. The molecule has 6 unspecified atom stereocenters. The van der Waals surface area contributed by atoms with Gasteiger partial charge in [-0.3, -0.25) is 23.4 Å². The molecule has 1 aliphatic heterocycles. The molecule has 0 radical (unpaired) electrons. The lowest BCUT2D eigenvalue weighted by molar-refractivity contribution is -0.0515. The summed E-state index contributed by atoms with van der Waals surface area (Å²) in [5.74, 6) is 0.598. The number of phosphoric ester groups is 1. The van der Waals surface area contributed by atoms with E-state index in [-0.39, 0.29) is 25.2 Å². The number of thioether (sulfide) groups is 1. The second-order valence-electron chi connectivity index (χ2n) is 9.55. The summed E-state index contributed by atoms with van der Waals surface area (Å²) in [7, 11) is -4.44. The Bertz CT molecular complexity index is 972. The number of aliphatic hydroxyl groups is 1. The number of rotatable bonds is 18. The van der Waals surface area contributed by atoms with Crippen LogP contribution in [0.3, 0.4) is 0 Å². The number of aromatic amines is 1. The molecular weight excluding hydrogens is 523 g/mol. The van der Waals surface area contributed by atoms with Crippen molar-refractivity contribution in [3.63, 3.8) is 0 Å². The van der Waals surface area contributed by atoms with E-state index in [1.165, 1.54) is 42.9 Å². The number of aliphatic hydroxyl groups excluding tert-OH is 1. The fourth-order valence-electron chi connectivity index (χ4n) is 4.14. The molecule has 0 amide bonds. The van der Waals surface area contributed by atoms with E-state index in [2.05, 4.69) is 11.9 Å². The molecule has 2 rings (SSSR count). The van der Waals surface area contributed by atoms with Crippen molar-refractivity contribution in [3.05, 3.63) is 32.6 Å². The Balaban J connectivity index is 1.79. The van der Waals surface area contributed by atoms with Crippen LogP contribution >= 0.6 is 19.6 Å². The van der Waals surface area contributed by atoms with Gasteiger partial charge in [0.2, 0.25) is 0 Å². The molecule has 0 aliphatic carbocycles. The molecule has 0 aromatic carbocycles. The Kier molecular flexibility index (Phi) is 14.1. The van der Waals surface area contributed by atoms with Crippen LogP contribution in [0.15, 0.2) is 15.8 Å². The number of aryl methyl sites for hydroxylation is 1. The summed E-state index contributed by atoms with van der Waals surface area (Å²) in [5.41, 5.74) is -0.858. The largest absolute Gasteiger partial charge is 0.472 e. The first kappa shape index (κ1) is 32.2. The zero-order chi connectivity index (χ0) is 27.4. The molecule has 0 saturated carbocycles. The van der Waals surface area contributed by atoms with Gasteiger partial charge in [-0.2, -0.15) is 11.8 Å². The van der Waals surface area contributed by atoms with Crippen LogP contribution in [-0.2, 0) is 23.1 Å². The molecule has 13 heteroatoms. The van der Waals surface area contributed by atoms with Crippen molar-refractivity contribution in [2.24, 2.45) is 0 Å². The predicted molar refractivity (Wildman–Crippen MR) is 143 cm³/mol. The average molecular weight is 567 g/mol. The van der Waals surface area contributed by atoms with Crippen LogP contribution < -0.4 is 11.2 Å². The smallest absolute Gasteiger partial charge is 0.390 e. The summed E-state index contributed by atoms with van der Waals surface area (Å²) in [6.45, 7) is 5.22. The zero-order valence-corrected chi connectivity index (χ0v) is 24.0. The Labute approximate surface area is 222 Å². The highest BCUT2D eigenvalue weighted by Gasteiger charge is 2.38. The van der Waals surface area contributed by atoms with Gasteiger partial charge in [-0.05, 0) is 26.5 Å². The number of unbranched alkanes of at least 4 members (excludes halogenated alkanes) is 5. The van der Waals surface area contributed by atoms with E-state index in [1.54, 1.807) is 18.7 Å². The first-order valence-electron chi connectivity index (χ1n) is 13.0. The number of nitrogens with zero attached hydrogens (tertiary/aromatic N) is 1. The molecule has 6 atom stereocenters. The maximum atomic E-state index is 12.5. The SMILES string of the molecule is CCCCCCCCC(C)OC(COP(=O)(O)OCC1OC(n2cc(C)c(=O)[nH]c2=O)CC1O)CSC. The first-order chi connectivity index (χ1) is 17.6. The van der Waals surface area contributed by atoms with Gasteiger partial charge < -0.3 is 19.5 Å². The Hall–Kier alpha value is -0.980. The van der Waals surface area contributed by atoms with Gasteiger partial charge in [0.1, 0.15) is 12.3 Å². The molecule has 11 nitrogen and oxygen atoms in total. The molecule has 1 aliphatic rings. The number of ether oxygens (including phenoxy) is 2. The monoisotopic (exact) mass is 566 g/mol. The van der Waals surface area contributed by atoms with Crippen molar-refractivity contribution in [2.45, 2.75) is 103 Å². The van der Waals surface area contributed by atoms with Crippen molar-refractivity contribution in [3.8, 4) is 0 Å². The van der Waals surface area contributed by atoms with Gasteiger partial charge in [0.15, 0.2) is 0 Å². The highest BCUT2D eigenvalue weighted by Crippen LogP contribution is 2.44. The molecule has 0 spiro atoms. The highest BCUT2D eigenvalue weighted by atomic mass is 32.2. The van der Waals surface area contributed by atoms with E-state index in [0.29, 0.717) is 11.3 Å². The lowest BCUT2D eigenvalue weighted by atomic mass is 10.1. The second kappa shape index (κ2) is 16.2. The van der Waals surface area contributed by atoms with Crippen LogP contribution in [-0.4, -0.2) is 69.2 Å². The standard InChI is InChI=1S/C24H43N2O9PS/c1-5-6-7-8-9-10-11-18(3)34-19(16-37-4)14-32-36(30,31)33-15-21-20(27)12-22(35-21)26-13-17(2)23(28)25-24(26)29/h13,18-22,27H,5-12,14-16H2,1-4H3,(H,30,31)(H,25,28,29). The molecule has 1 fully saturated rings. The number of H-pyrrole nitrogens is 1. The van der Waals surface area contributed by atoms with Gasteiger partial charge in [0, 0.05) is 23.9 Å². The highest BCUT2D eigenvalue weighted by molar-refractivity contribution is 7.98. The Morgan fingerprint density at radius 3 is 2.65 bits per heavy atom. The topological polar surface area (TPSA) is 149 Å². The lowest BCUT2D eigenvalue weighted by Gasteiger charge is -2.23. The van der Waals surface area contributed by atoms with Crippen LogP contribution in [0.4, 0.5) is 0 Å². The van der Waals surface area contributed by atoms with Gasteiger partial charge >= 0.3 is 13.5 Å². The molecule has 1 aromatic rings. The van der Waals surface area contributed by atoms with Crippen molar-refractivity contribution in [2.75, 3.05) is 25.2 Å². The number of nitrogens with one attached hydrogen (secondary N) is 1.